The number of nitrogens with two attached hydrogens (primary N) is 1. The molecule has 0 spiro atoms. The highest BCUT2D eigenvalue weighted by molar-refractivity contribution is 7.16. The van der Waals surface area contributed by atoms with Crippen LogP contribution in [0.3, 0.4) is 0 Å². The van der Waals surface area contributed by atoms with Gasteiger partial charge in [0.05, 0.1) is 5.56 Å². The van der Waals surface area contributed by atoms with Crippen LogP contribution in [0.2, 0.25) is 0 Å². The molecule has 13 heteroatoms. The fraction of sp³-hybridized carbons (Fsp3) is 0.562. The number of amides is 1. The smallest absolute Gasteiger partial charge is 0.246 e. The van der Waals surface area contributed by atoms with Gasteiger partial charge in [-0.1, -0.05) is 6.58 Å². The van der Waals surface area contributed by atoms with Crippen LogP contribution in [-0.2, 0) is 16.6 Å². The minimum Gasteiger partial charge on any atom is -0.473 e. The van der Waals surface area contributed by atoms with E-state index in [4.69, 9.17) is 29.8 Å². The number of aromatic nitrogens is 4. The third kappa shape index (κ3) is 5.68. The summed E-state index contributed by atoms with van der Waals surface area (Å²) in [6.45, 7) is 14.3. The van der Waals surface area contributed by atoms with Crippen molar-refractivity contribution in [3.63, 3.8) is 0 Å². The van der Waals surface area contributed by atoms with Crippen molar-refractivity contribution in [2.24, 2.45) is 0 Å². The first-order valence-electron chi connectivity index (χ1n) is 15.7. The van der Waals surface area contributed by atoms with Crippen molar-refractivity contribution >= 4 is 39.6 Å². The van der Waals surface area contributed by atoms with Crippen LogP contribution in [-0.4, -0.2) is 85.9 Å². The van der Waals surface area contributed by atoms with Gasteiger partial charge >= 0.3 is 0 Å². The third-order valence-electron chi connectivity index (χ3n) is 9.64. The van der Waals surface area contributed by atoms with E-state index >= 15 is 0 Å². The Hall–Kier alpha value is -3.60. The van der Waals surface area contributed by atoms with E-state index < -0.39 is 5.41 Å². The average molecular weight is 648 g/mol. The van der Waals surface area contributed by atoms with Crippen LogP contribution < -0.4 is 15.4 Å². The molecule has 2 N–H and O–H groups in total. The Morgan fingerprint density at radius 3 is 2.67 bits per heavy atom. The number of rotatable bonds is 7. The van der Waals surface area contributed by atoms with E-state index in [2.05, 4.69) is 43.3 Å². The number of nitrogen functional groups attached to an aromatic ring is 1. The standard InChI is InChI=1S/C32H41N9O2S2/c1-7-26(42)41-18(2)16-40(17-19(41)3)24-14-25(43-20(4)22-10-9-13-39(22)6)36-29(35-24)30-37-31(45-38-30)32(5)12-8-11-23-27(32)21(15-33)28(34)44-23/h7,14,18-20,22H,1,8-13,16-17,34H2,2-6H3/t18-,19+,20-,22-,32-/m0/s1. The number of carbonyl (C=O) groups excluding carboxylic acids is 1. The fourth-order valence-electron chi connectivity index (χ4n) is 7.43. The summed E-state index contributed by atoms with van der Waals surface area (Å²) in [7, 11) is 2.14. The zero-order chi connectivity index (χ0) is 32.0. The molecule has 1 amide bonds. The van der Waals surface area contributed by atoms with Crippen LogP contribution in [0.4, 0.5) is 10.8 Å². The number of fused-ring (bicyclic) bond motifs is 1. The molecule has 0 unspecified atom stereocenters. The van der Waals surface area contributed by atoms with Crippen molar-refractivity contribution < 1.29 is 9.53 Å². The Kier molecular flexibility index (Phi) is 8.58. The lowest BCUT2D eigenvalue weighted by Crippen LogP contribution is -2.58. The van der Waals surface area contributed by atoms with Crippen molar-refractivity contribution in [2.45, 2.75) is 89.4 Å². The van der Waals surface area contributed by atoms with E-state index in [1.165, 1.54) is 28.9 Å². The second-order valence-corrected chi connectivity index (χ2v) is 14.7. The van der Waals surface area contributed by atoms with E-state index in [0.717, 1.165) is 54.1 Å². The molecule has 238 valence electrons. The highest BCUT2D eigenvalue weighted by atomic mass is 32.1. The van der Waals surface area contributed by atoms with Gasteiger partial charge in [0, 0.05) is 47.6 Å². The van der Waals surface area contributed by atoms with Gasteiger partial charge < -0.3 is 20.3 Å². The Morgan fingerprint density at radius 2 is 2.00 bits per heavy atom. The Bertz CT molecular complexity index is 1640. The molecule has 0 bridgehead atoms. The molecule has 3 aromatic heterocycles. The van der Waals surface area contributed by atoms with Crippen LogP contribution in [0.5, 0.6) is 5.88 Å². The Balaban J connectivity index is 1.37. The summed E-state index contributed by atoms with van der Waals surface area (Å²) in [5, 5.41) is 11.3. The minimum absolute atomic E-state index is 0.0371. The first kappa shape index (κ1) is 31.4. The fourth-order valence-corrected chi connectivity index (χ4v) is 9.45. The second-order valence-electron chi connectivity index (χ2n) is 12.8. The third-order valence-corrected chi connectivity index (χ3v) is 11.7. The second kappa shape index (κ2) is 12.3. The molecule has 5 atom stereocenters. The highest BCUT2D eigenvalue weighted by Crippen LogP contribution is 2.49. The zero-order valence-corrected chi connectivity index (χ0v) is 28.2. The summed E-state index contributed by atoms with van der Waals surface area (Å²) in [6, 6.07) is 4.47. The normalized spacial score (nSPS) is 25.9. The number of nitriles is 1. The van der Waals surface area contributed by atoms with E-state index in [9.17, 15) is 10.1 Å². The number of anilines is 2. The van der Waals surface area contributed by atoms with Crippen LogP contribution >= 0.6 is 22.9 Å². The largest absolute Gasteiger partial charge is 0.473 e. The maximum Gasteiger partial charge on any atom is 0.246 e. The predicted octanol–water partition coefficient (Wildman–Crippen LogP) is 4.63. The van der Waals surface area contributed by atoms with Crippen LogP contribution in [0.25, 0.3) is 11.6 Å². The summed E-state index contributed by atoms with van der Waals surface area (Å²) >= 11 is 2.84. The number of thiophene rings is 1. The summed E-state index contributed by atoms with van der Waals surface area (Å²) < 4.78 is 11.3. The quantitative estimate of drug-likeness (QED) is 0.362. The minimum atomic E-state index is -0.472. The van der Waals surface area contributed by atoms with Gasteiger partial charge in [-0.05, 0) is 96.6 Å². The predicted molar refractivity (Wildman–Crippen MR) is 178 cm³/mol. The lowest BCUT2D eigenvalue weighted by molar-refractivity contribution is -0.130. The number of carbonyl (C=O) groups is 1. The molecule has 1 aliphatic carbocycles. The first-order chi connectivity index (χ1) is 21.5. The molecule has 0 aromatic carbocycles. The van der Waals surface area contributed by atoms with E-state index in [-0.39, 0.29) is 24.1 Å². The van der Waals surface area contributed by atoms with Crippen molar-refractivity contribution in [2.75, 3.05) is 37.3 Å². The SMILES string of the molecule is C=CC(=O)N1[C@H](C)CN(c2cc(O[C@@H](C)[C@@H]3CCCN3C)nc(-c3nsc([C@@]4(C)CCCc5sc(N)c(C#N)c54)n3)n2)C[C@@H]1C. The number of likely N-dealkylation sites (N-methyl/N-ethyl adjacent to an activating group) is 1. The van der Waals surface area contributed by atoms with E-state index in [1.807, 2.05) is 24.8 Å². The summed E-state index contributed by atoms with van der Waals surface area (Å²) in [4.78, 5) is 35.0. The van der Waals surface area contributed by atoms with Gasteiger partial charge in [-0.15, -0.1) is 11.3 Å². The molecule has 3 aromatic rings. The molecule has 11 nitrogen and oxygen atoms in total. The van der Waals surface area contributed by atoms with Gasteiger partial charge in [0.1, 0.15) is 28.0 Å². The number of hydrogen-bond donors (Lipinski definition) is 1. The molecule has 2 aliphatic heterocycles. The highest BCUT2D eigenvalue weighted by Gasteiger charge is 2.42. The molecular formula is C32H41N9O2S2. The number of hydrogen-bond acceptors (Lipinski definition) is 12. The molecular weight excluding hydrogens is 607 g/mol. The zero-order valence-electron chi connectivity index (χ0n) is 26.6. The van der Waals surface area contributed by atoms with Crippen molar-refractivity contribution in [3.05, 3.63) is 39.7 Å². The van der Waals surface area contributed by atoms with Crippen molar-refractivity contribution in [3.8, 4) is 23.6 Å². The monoisotopic (exact) mass is 647 g/mol. The molecule has 45 heavy (non-hydrogen) atoms. The maximum atomic E-state index is 12.6. The van der Waals surface area contributed by atoms with Crippen molar-refractivity contribution in [1.29, 1.82) is 5.26 Å². The Labute approximate surface area is 272 Å². The van der Waals surface area contributed by atoms with Gasteiger partial charge in [0.25, 0.3) is 0 Å². The molecule has 5 heterocycles. The summed E-state index contributed by atoms with van der Waals surface area (Å²) in [6.07, 6.45) is 6.28. The number of aryl methyl sites for hydroxylation is 1. The number of ether oxygens (including phenoxy) is 1. The lowest BCUT2D eigenvalue weighted by atomic mass is 9.73. The summed E-state index contributed by atoms with van der Waals surface area (Å²) in [5.41, 5.74) is 7.35. The Morgan fingerprint density at radius 1 is 1.24 bits per heavy atom. The van der Waals surface area contributed by atoms with Gasteiger partial charge in [0.15, 0.2) is 0 Å². The molecule has 2 saturated heterocycles. The lowest BCUT2D eigenvalue weighted by Gasteiger charge is -2.44. The number of nitrogens with zero attached hydrogens (tertiary/aromatic N) is 8. The van der Waals surface area contributed by atoms with Crippen molar-refractivity contribution in [1.82, 2.24) is 29.1 Å². The van der Waals surface area contributed by atoms with E-state index in [1.54, 1.807) is 0 Å². The van der Waals surface area contributed by atoms with E-state index in [0.29, 0.717) is 53.0 Å². The number of piperazine rings is 1. The first-order valence-corrected chi connectivity index (χ1v) is 17.2. The molecule has 6 rings (SSSR count). The van der Waals surface area contributed by atoms with Gasteiger partial charge in [-0.25, -0.2) is 9.97 Å². The molecule has 3 aliphatic rings. The summed E-state index contributed by atoms with van der Waals surface area (Å²) in [5.74, 6) is 1.96. The molecule has 0 radical (unpaired) electrons. The van der Waals surface area contributed by atoms with Crippen LogP contribution in [0, 0.1) is 11.3 Å². The number of likely N-dealkylation sites (tertiary alicyclic amines) is 1. The average Bonchev–Trinajstić information content (AvgIpc) is 3.75. The maximum absolute atomic E-state index is 12.6. The van der Waals surface area contributed by atoms with Crippen LogP contribution in [0.1, 0.15) is 74.4 Å². The van der Waals surface area contributed by atoms with Gasteiger partial charge in [0.2, 0.25) is 23.4 Å². The van der Waals surface area contributed by atoms with Gasteiger partial charge in [-0.3, -0.25) is 9.69 Å². The van der Waals surface area contributed by atoms with Gasteiger partial charge in [-0.2, -0.15) is 14.6 Å². The molecule has 2 fully saturated rings. The topological polar surface area (TPSA) is 137 Å². The van der Waals surface area contributed by atoms with Crippen LogP contribution in [0.15, 0.2) is 18.7 Å². The molecule has 0 saturated carbocycles.